The maximum atomic E-state index is 12.2. The van der Waals surface area contributed by atoms with E-state index >= 15 is 0 Å². The van der Waals surface area contributed by atoms with E-state index in [1.165, 1.54) is 12.4 Å². The molecule has 0 unspecified atom stereocenters. The number of benzene rings is 1. The van der Waals surface area contributed by atoms with Gasteiger partial charge >= 0.3 is 6.01 Å². The average Bonchev–Trinajstić information content (AvgIpc) is 2.59. The second-order valence-electron chi connectivity index (χ2n) is 5.76. The molecular weight excluding hydrogens is 349 g/mol. The third kappa shape index (κ3) is 4.58. The summed E-state index contributed by atoms with van der Waals surface area (Å²) in [5, 5.41) is 4.16. The van der Waals surface area contributed by atoms with Crippen LogP contribution in [-0.2, 0) is 0 Å². The molecule has 7 heteroatoms. The highest BCUT2D eigenvalue weighted by Crippen LogP contribution is 2.23. The van der Waals surface area contributed by atoms with Gasteiger partial charge in [-0.2, -0.15) is 0 Å². The molecule has 1 fully saturated rings. The molecule has 1 saturated carbocycles. The van der Waals surface area contributed by atoms with Crippen molar-refractivity contribution in [3.63, 3.8) is 0 Å². The number of nitrogens with one attached hydrogen (secondary N) is 1. The fraction of sp³-hybridized carbons (Fsp3) is 0.353. The Bertz CT molecular complexity index is 684. The zero-order chi connectivity index (χ0) is 16.9. The summed E-state index contributed by atoms with van der Waals surface area (Å²) in [5.74, 6) is -0.0722. The van der Waals surface area contributed by atoms with Gasteiger partial charge in [0.25, 0.3) is 5.91 Å². The summed E-state index contributed by atoms with van der Waals surface area (Å²) in [4.78, 5) is 20.3. The Morgan fingerprint density at radius 1 is 1.00 bits per heavy atom. The van der Waals surface area contributed by atoms with Crippen molar-refractivity contribution in [2.75, 3.05) is 0 Å². The number of hydrogen-bond acceptors (Lipinski definition) is 4. The van der Waals surface area contributed by atoms with Gasteiger partial charge in [-0.3, -0.25) is 4.79 Å². The second-order valence-corrected chi connectivity index (χ2v) is 6.63. The van der Waals surface area contributed by atoms with Gasteiger partial charge in [0.05, 0.1) is 17.4 Å². The first-order valence-corrected chi connectivity index (χ1v) is 8.56. The third-order valence-corrected chi connectivity index (χ3v) is 4.43. The monoisotopic (exact) mass is 365 g/mol. The molecule has 3 rings (SSSR count). The largest absolute Gasteiger partial charge is 0.460 e. The minimum absolute atomic E-state index is 0.0647. The van der Waals surface area contributed by atoms with Crippen molar-refractivity contribution in [3.8, 4) is 6.01 Å². The Kier molecular flexibility index (Phi) is 5.53. The standard InChI is InChI=1S/C17H17Cl2N3O2/c18-12-3-1-11(2-4-12)16(23)22-14-5-7-15(8-6-14)24-17-20-9-13(19)10-21-17/h1-4,9-10,14-15H,5-8H2,(H,22,23). The number of carbonyl (C=O) groups excluding carboxylic acids is 1. The minimum Gasteiger partial charge on any atom is -0.460 e. The van der Waals surface area contributed by atoms with Crippen molar-refractivity contribution in [2.24, 2.45) is 0 Å². The molecule has 2 aromatic rings. The Morgan fingerprint density at radius 2 is 1.62 bits per heavy atom. The van der Waals surface area contributed by atoms with Gasteiger partial charge in [0.2, 0.25) is 0 Å². The average molecular weight is 366 g/mol. The van der Waals surface area contributed by atoms with E-state index in [9.17, 15) is 4.79 Å². The van der Waals surface area contributed by atoms with Crippen LogP contribution in [0.15, 0.2) is 36.7 Å². The molecule has 1 amide bonds. The molecule has 0 bridgehead atoms. The van der Waals surface area contributed by atoms with Gasteiger partial charge in [0.1, 0.15) is 6.10 Å². The first-order valence-electron chi connectivity index (χ1n) is 7.81. The summed E-state index contributed by atoms with van der Waals surface area (Å²) < 4.78 is 5.75. The lowest BCUT2D eigenvalue weighted by atomic mass is 9.92. The molecular formula is C17H17Cl2N3O2. The molecule has 1 aliphatic carbocycles. The number of hydrogen-bond donors (Lipinski definition) is 1. The number of rotatable bonds is 4. The maximum Gasteiger partial charge on any atom is 0.316 e. The third-order valence-electron chi connectivity index (χ3n) is 3.98. The van der Waals surface area contributed by atoms with Crippen LogP contribution in [0, 0.1) is 0 Å². The van der Waals surface area contributed by atoms with Crippen LogP contribution in [0.1, 0.15) is 36.0 Å². The van der Waals surface area contributed by atoms with E-state index in [1.807, 2.05) is 0 Å². The van der Waals surface area contributed by atoms with Gasteiger partial charge in [0.15, 0.2) is 0 Å². The van der Waals surface area contributed by atoms with Crippen LogP contribution >= 0.6 is 23.2 Å². The molecule has 24 heavy (non-hydrogen) atoms. The summed E-state index contributed by atoms with van der Waals surface area (Å²) >= 11 is 11.6. The predicted octanol–water partition coefficient (Wildman–Crippen LogP) is 3.90. The lowest BCUT2D eigenvalue weighted by Crippen LogP contribution is -2.39. The van der Waals surface area contributed by atoms with E-state index in [0.29, 0.717) is 21.6 Å². The Morgan fingerprint density at radius 3 is 2.25 bits per heavy atom. The van der Waals surface area contributed by atoms with Crippen LogP contribution in [-0.4, -0.2) is 28.0 Å². The second kappa shape index (κ2) is 7.81. The fourth-order valence-corrected chi connectivity index (χ4v) is 2.93. The first-order chi connectivity index (χ1) is 11.6. The van der Waals surface area contributed by atoms with E-state index < -0.39 is 0 Å². The van der Waals surface area contributed by atoms with E-state index in [0.717, 1.165) is 25.7 Å². The smallest absolute Gasteiger partial charge is 0.316 e. The number of ether oxygens (including phenoxy) is 1. The quantitative estimate of drug-likeness (QED) is 0.891. The molecule has 5 nitrogen and oxygen atoms in total. The van der Waals surface area contributed by atoms with E-state index in [4.69, 9.17) is 27.9 Å². The SMILES string of the molecule is O=C(NC1CCC(Oc2ncc(Cl)cn2)CC1)c1ccc(Cl)cc1. The molecule has 1 N–H and O–H groups in total. The summed E-state index contributed by atoms with van der Waals surface area (Å²) in [6, 6.07) is 7.38. The summed E-state index contributed by atoms with van der Waals surface area (Å²) in [5.41, 5.74) is 0.618. The number of halogens is 2. The van der Waals surface area contributed by atoms with E-state index in [2.05, 4.69) is 15.3 Å². The highest BCUT2D eigenvalue weighted by atomic mass is 35.5. The summed E-state index contributed by atoms with van der Waals surface area (Å²) in [6.07, 6.45) is 6.50. The van der Waals surface area contributed by atoms with Gasteiger partial charge in [-0.15, -0.1) is 0 Å². The van der Waals surface area contributed by atoms with Crippen molar-refractivity contribution >= 4 is 29.1 Å². The zero-order valence-electron chi connectivity index (χ0n) is 12.9. The van der Waals surface area contributed by atoms with Gasteiger partial charge in [-0.1, -0.05) is 23.2 Å². The predicted molar refractivity (Wildman–Crippen MR) is 92.6 cm³/mol. The van der Waals surface area contributed by atoms with Gasteiger partial charge in [0, 0.05) is 16.6 Å². The fourth-order valence-electron chi connectivity index (χ4n) is 2.71. The number of carbonyl (C=O) groups is 1. The highest BCUT2D eigenvalue weighted by Gasteiger charge is 2.24. The topological polar surface area (TPSA) is 64.1 Å². The van der Waals surface area contributed by atoms with Gasteiger partial charge < -0.3 is 10.1 Å². The first kappa shape index (κ1) is 17.0. The molecule has 1 aromatic heterocycles. The number of nitrogens with zero attached hydrogens (tertiary/aromatic N) is 2. The van der Waals surface area contributed by atoms with E-state index in [-0.39, 0.29) is 18.1 Å². The van der Waals surface area contributed by atoms with Crippen LogP contribution in [0.25, 0.3) is 0 Å². The Hall–Kier alpha value is -1.85. The van der Waals surface area contributed by atoms with Crippen LogP contribution in [0.2, 0.25) is 10.0 Å². The summed E-state index contributed by atoms with van der Waals surface area (Å²) in [7, 11) is 0. The molecule has 0 saturated heterocycles. The van der Waals surface area contributed by atoms with Crippen molar-refractivity contribution in [3.05, 3.63) is 52.3 Å². The molecule has 1 aromatic carbocycles. The van der Waals surface area contributed by atoms with Gasteiger partial charge in [-0.05, 0) is 49.9 Å². The Balaban J connectivity index is 1.47. The molecule has 0 atom stereocenters. The lowest BCUT2D eigenvalue weighted by Gasteiger charge is -2.28. The number of aromatic nitrogens is 2. The highest BCUT2D eigenvalue weighted by molar-refractivity contribution is 6.30. The molecule has 0 spiro atoms. The normalized spacial score (nSPS) is 20.4. The molecule has 1 aliphatic rings. The van der Waals surface area contributed by atoms with Crippen molar-refractivity contribution in [1.82, 2.24) is 15.3 Å². The molecule has 0 aliphatic heterocycles. The minimum atomic E-state index is -0.0722. The van der Waals surface area contributed by atoms with Crippen molar-refractivity contribution in [1.29, 1.82) is 0 Å². The Labute approximate surface area is 150 Å². The zero-order valence-corrected chi connectivity index (χ0v) is 14.4. The van der Waals surface area contributed by atoms with Crippen molar-refractivity contribution in [2.45, 2.75) is 37.8 Å². The molecule has 1 heterocycles. The molecule has 126 valence electrons. The number of amides is 1. The van der Waals surface area contributed by atoms with Crippen LogP contribution in [0.3, 0.4) is 0 Å². The summed E-state index contributed by atoms with van der Waals surface area (Å²) in [6.45, 7) is 0. The van der Waals surface area contributed by atoms with Crippen molar-refractivity contribution < 1.29 is 9.53 Å². The van der Waals surface area contributed by atoms with Crippen LogP contribution in [0.5, 0.6) is 6.01 Å². The lowest BCUT2D eigenvalue weighted by molar-refractivity contribution is 0.0885. The van der Waals surface area contributed by atoms with E-state index in [1.54, 1.807) is 24.3 Å². The van der Waals surface area contributed by atoms with Gasteiger partial charge in [-0.25, -0.2) is 9.97 Å². The van der Waals surface area contributed by atoms with Crippen LogP contribution < -0.4 is 10.1 Å². The molecule has 0 radical (unpaired) electrons. The maximum absolute atomic E-state index is 12.2. The van der Waals surface area contributed by atoms with Crippen LogP contribution in [0.4, 0.5) is 0 Å².